The minimum absolute atomic E-state index is 0.0566. The first-order valence-electron chi connectivity index (χ1n) is 10.8. The highest BCUT2D eigenvalue weighted by atomic mass is 32.2. The maximum Gasteiger partial charge on any atom is 0.255 e. The first-order chi connectivity index (χ1) is 16.0. The van der Waals surface area contributed by atoms with Gasteiger partial charge >= 0.3 is 0 Å². The molecular weight excluding hydrogens is 440 g/mol. The van der Waals surface area contributed by atoms with E-state index in [4.69, 9.17) is 9.47 Å². The van der Waals surface area contributed by atoms with Crippen molar-refractivity contribution < 1.29 is 22.7 Å². The molecule has 1 aliphatic carbocycles. The molecule has 0 heterocycles. The second-order valence-electron chi connectivity index (χ2n) is 7.73. The minimum atomic E-state index is -3.49. The van der Waals surface area contributed by atoms with E-state index in [-0.39, 0.29) is 23.4 Å². The Labute approximate surface area is 193 Å². The van der Waals surface area contributed by atoms with E-state index in [1.807, 2.05) is 30.3 Å². The van der Waals surface area contributed by atoms with Crippen molar-refractivity contribution in [2.45, 2.75) is 30.3 Å². The molecule has 0 aliphatic heterocycles. The number of hydrogen-bond donors (Lipinski definition) is 2. The largest absolute Gasteiger partial charge is 0.490 e. The molecular formula is C25H26N2O5S. The van der Waals surface area contributed by atoms with Crippen LogP contribution in [0.1, 0.15) is 28.8 Å². The van der Waals surface area contributed by atoms with Crippen LogP contribution in [0, 0.1) is 0 Å². The lowest BCUT2D eigenvalue weighted by Gasteiger charge is -2.12. The second-order valence-corrected chi connectivity index (χ2v) is 9.44. The Balaban J connectivity index is 1.29. The van der Waals surface area contributed by atoms with E-state index in [0.717, 1.165) is 24.2 Å². The van der Waals surface area contributed by atoms with Crippen LogP contribution < -0.4 is 19.5 Å². The van der Waals surface area contributed by atoms with Gasteiger partial charge in [0.05, 0.1) is 10.5 Å². The molecule has 0 spiro atoms. The first kappa shape index (κ1) is 22.8. The van der Waals surface area contributed by atoms with Gasteiger partial charge in [-0.2, -0.15) is 0 Å². The zero-order valence-electron chi connectivity index (χ0n) is 18.1. The maximum absolute atomic E-state index is 12.7. The molecule has 1 saturated carbocycles. The number of carbonyl (C=O) groups is 1. The van der Waals surface area contributed by atoms with E-state index >= 15 is 0 Å². The van der Waals surface area contributed by atoms with E-state index in [9.17, 15) is 13.2 Å². The van der Waals surface area contributed by atoms with Gasteiger partial charge in [0.1, 0.15) is 24.7 Å². The van der Waals surface area contributed by atoms with Crippen molar-refractivity contribution in [3.63, 3.8) is 0 Å². The lowest BCUT2D eigenvalue weighted by atomic mass is 10.1. The summed E-state index contributed by atoms with van der Waals surface area (Å²) in [7, 11) is -3.49. The predicted octanol–water partition coefficient (Wildman–Crippen LogP) is 3.52. The van der Waals surface area contributed by atoms with Crippen LogP contribution in [-0.2, 0) is 16.6 Å². The number of hydrogen-bond acceptors (Lipinski definition) is 5. The summed E-state index contributed by atoms with van der Waals surface area (Å²) < 4.78 is 38.6. The van der Waals surface area contributed by atoms with Crippen molar-refractivity contribution in [3.8, 4) is 11.5 Å². The highest BCUT2D eigenvalue weighted by Crippen LogP contribution is 2.22. The average Bonchev–Trinajstić information content (AvgIpc) is 3.65. The topological polar surface area (TPSA) is 93.7 Å². The third-order valence-corrected chi connectivity index (χ3v) is 6.61. The molecule has 0 radical (unpaired) electrons. The number of sulfonamides is 1. The average molecular weight is 467 g/mol. The van der Waals surface area contributed by atoms with Gasteiger partial charge in [-0.25, -0.2) is 13.1 Å². The third-order valence-electron chi connectivity index (χ3n) is 5.07. The van der Waals surface area contributed by atoms with Crippen molar-refractivity contribution in [2.24, 2.45) is 0 Å². The Bertz CT molecular complexity index is 1180. The van der Waals surface area contributed by atoms with Crippen LogP contribution >= 0.6 is 0 Å². The van der Waals surface area contributed by atoms with E-state index in [1.54, 1.807) is 48.5 Å². The molecule has 1 amide bonds. The Morgan fingerprint density at radius 2 is 1.52 bits per heavy atom. The van der Waals surface area contributed by atoms with Gasteiger partial charge < -0.3 is 14.8 Å². The van der Waals surface area contributed by atoms with E-state index in [0.29, 0.717) is 24.5 Å². The van der Waals surface area contributed by atoms with Crippen molar-refractivity contribution >= 4 is 15.9 Å². The summed E-state index contributed by atoms with van der Waals surface area (Å²) in [6, 6.07) is 23.0. The van der Waals surface area contributed by atoms with Crippen molar-refractivity contribution in [1.29, 1.82) is 0 Å². The summed E-state index contributed by atoms with van der Waals surface area (Å²) in [6.45, 7) is 0.912. The summed E-state index contributed by atoms with van der Waals surface area (Å²) in [4.78, 5) is 12.9. The summed E-state index contributed by atoms with van der Waals surface area (Å²) in [6.07, 6.45) is 1.77. The number of benzene rings is 3. The van der Waals surface area contributed by atoms with Gasteiger partial charge in [-0.1, -0.05) is 42.5 Å². The van der Waals surface area contributed by atoms with Crippen LogP contribution in [0.4, 0.5) is 0 Å². The molecule has 7 nitrogen and oxygen atoms in total. The van der Waals surface area contributed by atoms with Gasteiger partial charge in [0.25, 0.3) is 5.91 Å². The Morgan fingerprint density at radius 3 is 2.24 bits per heavy atom. The number of carbonyl (C=O) groups excluding carboxylic acids is 1. The van der Waals surface area contributed by atoms with Crippen LogP contribution in [0.15, 0.2) is 83.8 Å². The molecule has 1 fully saturated rings. The fourth-order valence-electron chi connectivity index (χ4n) is 3.16. The summed E-state index contributed by atoms with van der Waals surface area (Å²) in [5, 5.41) is 2.86. The molecule has 0 unspecified atom stereocenters. The van der Waals surface area contributed by atoms with Crippen molar-refractivity contribution in [1.82, 2.24) is 10.0 Å². The van der Waals surface area contributed by atoms with E-state index in [1.165, 1.54) is 0 Å². The zero-order valence-corrected chi connectivity index (χ0v) is 18.9. The summed E-state index contributed by atoms with van der Waals surface area (Å²) >= 11 is 0. The number of amides is 1. The standard InChI is InChI=1S/C25H26N2O5S/c28-25(26-18-19-10-14-22(15-11-19)33(29,30)27-20-12-13-20)23-8-4-5-9-24(23)32-17-16-31-21-6-2-1-3-7-21/h1-11,14-15,20,27H,12-13,16-18H2,(H,26,28). The lowest BCUT2D eigenvalue weighted by Crippen LogP contribution is -2.26. The molecule has 2 N–H and O–H groups in total. The second kappa shape index (κ2) is 10.5. The molecule has 3 aromatic carbocycles. The van der Waals surface area contributed by atoms with Gasteiger partial charge in [-0.05, 0) is 54.8 Å². The number of para-hydroxylation sites is 2. The van der Waals surface area contributed by atoms with Crippen LogP contribution in [0.2, 0.25) is 0 Å². The molecule has 0 aromatic heterocycles. The quantitative estimate of drug-likeness (QED) is 0.422. The fraction of sp³-hybridized carbons (Fsp3) is 0.240. The fourth-order valence-corrected chi connectivity index (χ4v) is 4.47. The van der Waals surface area contributed by atoms with Gasteiger partial charge in [-0.15, -0.1) is 0 Å². The minimum Gasteiger partial charge on any atom is -0.490 e. The SMILES string of the molecule is O=C(NCc1ccc(S(=O)(=O)NC2CC2)cc1)c1ccccc1OCCOc1ccccc1. The van der Waals surface area contributed by atoms with Crippen molar-refractivity contribution in [3.05, 3.63) is 90.0 Å². The first-order valence-corrected chi connectivity index (χ1v) is 12.3. The molecule has 4 rings (SSSR count). The van der Waals surface area contributed by atoms with Gasteiger partial charge in [0.2, 0.25) is 10.0 Å². The Morgan fingerprint density at radius 1 is 0.848 bits per heavy atom. The zero-order chi connectivity index (χ0) is 23.1. The highest BCUT2D eigenvalue weighted by molar-refractivity contribution is 7.89. The number of nitrogens with one attached hydrogen (secondary N) is 2. The molecule has 0 atom stereocenters. The normalized spacial score (nSPS) is 13.3. The molecule has 0 saturated heterocycles. The van der Waals surface area contributed by atoms with E-state index in [2.05, 4.69) is 10.0 Å². The highest BCUT2D eigenvalue weighted by Gasteiger charge is 2.27. The van der Waals surface area contributed by atoms with Crippen LogP contribution in [0.3, 0.4) is 0 Å². The molecule has 3 aromatic rings. The molecule has 8 heteroatoms. The Kier molecular flexibility index (Phi) is 7.26. The smallest absolute Gasteiger partial charge is 0.255 e. The summed E-state index contributed by atoms with van der Waals surface area (Å²) in [5.41, 5.74) is 1.22. The monoisotopic (exact) mass is 466 g/mol. The van der Waals surface area contributed by atoms with Gasteiger partial charge in [0, 0.05) is 12.6 Å². The predicted molar refractivity (Wildman–Crippen MR) is 125 cm³/mol. The van der Waals surface area contributed by atoms with E-state index < -0.39 is 10.0 Å². The molecule has 1 aliphatic rings. The molecule has 172 valence electrons. The Hall–Kier alpha value is -3.36. The van der Waals surface area contributed by atoms with Crippen molar-refractivity contribution in [2.75, 3.05) is 13.2 Å². The van der Waals surface area contributed by atoms with Gasteiger partial charge in [-0.3, -0.25) is 4.79 Å². The number of ether oxygens (including phenoxy) is 2. The van der Waals surface area contributed by atoms with Gasteiger partial charge in [0.15, 0.2) is 0 Å². The molecule has 0 bridgehead atoms. The number of rotatable bonds is 11. The molecule has 33 heavy (non-hydrogen) atoms. The lowest BCUT2D eigenvalue weighted by molar-refractivity contribution is 0.0945. The third kappa shape index (κ3) is 6.57. The maximum atomic E-state index is 12.7. The van der Waals surface area contributed by atoms with Crippen LogP contribution in [-0.4, -0.2) is 33.6 Å². The van der Waals surface area contributed by atoms with Crippen LogP contribution in [0.25, 0.3) is 0 Å². The van der Waals surface area contributed by atoms with Crippen LogP contribution in [0.5, 0.6) is 11.5 Å². The summed E-state index contributed by atoms with van der Waals surface area (Å²) in [5.74, 6) is 0.954.